The lowest BCUT2D eigenvalue weighted by Crippen LogP contribution is -2.17. The number of hydrogen-bond acceptors (Lipinski definition) is 3. The fourth-order valence-corrected chi connectivity index (χ4v) is 3.15. The summed E-state index contributed by atoms with van der Waals surface area (Å²) in [5.74, 6) is 3.31. The van der Waals surface area contributed by atoms with Crippen LogP contribution in [-0.4, -0.2) is 19.9 Å². The van der Waals surface area contributed by atoms with Gasteiger partial charge >= 0.3 is 0 Å². The highest BCUT2D eigenvalue weighted by Gasteiger charge is 2.19. The summed E-state index contributed by atoms with van der Waals surface area (Å²) in [5, 5.41) is 3.38. The van der Waals surface area contributed by atoms with E-state index in [0.717, 1.165) is 11.5 Å². The molecule has 3 heteroatoms. The van der Waals surface area contributed by atoms with Crippen LogP contribution in [0.4, 0.5) is 0 Å². The molecule has 0 saturated heterocycles. The van der Waals surface area contributed by atoms with E-state index in [1.165, 1.54) is 23.3 Å². The SMILES string of the molecule is CNC1CCSCc2c(OC)cccc21. The number of ether oxygens (including phenoxy) is 1. The van der Waals surface area contributed by atoms with Gasteiger partial charge in [-0.3, -0.25) is 0 Å². The molecule has 15 heavy (non-hydrogen) atoms. The molecule has 82 valence electrons. The number of rotatable bonds is 2. The molecule has 1 unspecified atom stereocenters. The van der Waals surface area contributed by atoms with E-state index in [1.807, 2.05) is 18.8 Å². The molecule has 0 bridgehead atoms. The Kier molecular flexibility index (Phi) is 3.54. The Labute approximate surface area is 95.4 Å². The lowest BCUT2D eigenvalue weighted by Gasteiger charge is -2.17. The molecule has 1 aliphatic heterocycles. The van der Waals surface area contributed by atoms with Crippen molar-refractivity contribution in [1.82, 2.24) is 5.32 Å². The van der Waals surface area contributed by atoms with Crippen LogP contribution in [0.25, 0.3) is 0 Å². The molecule has 2 nitrogen and oxygen atoms in total. The van der Waals surface area contributed by atoms with E-state index >= 15 is 0 Å². The zero-order valence-electron chi connectivity index (χ0n) is 9.25. The number of benzene rings is 1. The van der Waals surface area contributed by atoms with E-state index in [9.17, 15) is 0 Å². The molecular weight excluding hydrogens is 206 g/mol. The lowest BCUT2D eigenvalue weighted by molar-refractivity contribution is 0.409. The van der Waals surface area contributed by atoms with Gasteiger partial charge in [0.25, 0.3) is 0 Å². The molecule has 0 fully saturated rings. The summed E-state index contributed by atoms with van der Waals surface area (Å²) in [7, 11) is 3.78. The summed E-state index contributed by atoms with van der Waals surface area (Å²) in [5.41, 5.74) is 2.77. The molecule has 0 radical (unpaired) electrons. The molecule has 0 aliphatic carbocycles. The Morgan fingerprint density at radius 1 is 1.47 bits per heavy atom. The van der Waals surface area contributed by atoms with Gasteiger partial charge in [-0.25, -0.2) is 0 Å². The molecule has 0 spiro atoms. The molecule has 1 aromatic carbocycles. The number of fused-ring (bicyclic) bond motifs is 1. The third-order valence-corrected chi connectivity index (χ3v) is 3.93. The molecule has 1 atom stereocenters. The minimum Gasteiger partial charge on any atom is -0.496 e. The van der Waals surface area contributed by atoms with Crippen molar-refractivity contribution >= 4 is 11.8 Å². The predicted molar refractivity (Wildman–Crippen MR) is 65.6 cm³/mol. The maximum absolute atomic E-state index is 5.42. The third-order valence-electron chi connectivity index (χ3n) is 2.91. The third kappa shape index (κ3) is 2.13. The molecule has 0 amide bonds. The fraction of sp³-hybridized carbons (Fsp3) is 0.500. The molecule has 1 heterocycles. The first-order valence-electron chi connectivity index (χ1n) is 5.27. The highest BCUT2D eigenvalue weighted by atomic mass is 32.2. The van der Waals surface area contributed by atoms with Crippen molar-refractivity contribution in [3.63, 3.8) is 0 Å². The van der Waals surface area contributed by atoms with Crippen molar-refractivity contribution in [3.8, 4) is 5.75 Å². The lowest BCUT2D eigenvalue weighted by atomic mass is 9.99. The standard InChI is InChI=1S/C12H17NOS/c1-13-11-6-7-15-8-10-9(11)4-3-5-12(10)14-2/h3-5,11,13H,6-8H2,1-2H3. The summed E-state index contributed by atoms with van der Waals surface area (Å²) in [4.78, 5) is 0. The van der Waals surface area contributed by atoms with Gasteiger partial charge in [-0.1, -0.05) is 12.1 Å². The van der Waals surface area contributed by atoms with E-state index in [1.54, 1.807) is 7.11 Å². The smallest absolute Gasteiger partial charge is 0.123 e. The largest absolute Gasteiger partial charge is 0.496 e. The number of nitrogens with one attached hydrogen (secondary N) is 1. The second-order valence-electron chi connectivity index (χ2n) is 3.71. The summed E-state index contributed by atoms with van der Waals surface area (Å²) in [6.07, 6.45) is 1.20. The van der Waals surface area contributed by atoms with Crippen molar-refractivity contribution in [2.45, 2.75) is 18.2 Å². The van der Waals surface area contributed by atoms with E-state index in [0.29, 0.717) is 6.04 Å². The molecule has 1 aromatic rings. The van der Waals surface area contributed by atoms with Gasteiger partial charge in [0.05, 0.1) is 7.11 Å². The predicted octanol–water partition coefficient (Wildman–Crippen LogP) is 2.59. The minimum absolute atomic E-state index is 0.477. The Morgan fingerprint density at radius 3 is 3.07 bits per heavy atom. The Bertz CT molecular complexity index is 340. The second kappa shape index (κ2) is 4.90. The summed E-state index contributed by atoms with van der Waals surface area (Å²) in [6.45, 7) is 0. The van der Waals surface area contributed by atoms with Crippen molar-refractivity contribution in [2.75, 3.05) is 19.9 Å². The van der Waals surface area contributed by atoms with Gasteiger partial charge in [-0.05, 0) is 30.9 Å². The molecular formula is C12H17NOS. The van der Waals surface area contributed by atoms with Crippen LogP contribution in [0.1, 0.15) is 23.6 Å². The number of hydrogen-bond donors (Lipinski definition) is 1. The first-order chi connectivity index (χ1) is 7.36. The van der Waals surface area contributed by atoms with Crippen molar-refractivity contribution < 1.29 is 4.74 Å². The van der Waals surface area contributed by atoms with Gasteiger partial charge in [-0.2, -0.15) is 11.8 Å². The highest BCUT2D eigenvalue weighted by Crippen LogP contribution is 2.35. The average molecular weight is 223 g/mol. The summed E-state index contributed by atoms with van der Waals surface area (Å²) >= 11 is 1.99. The number of thioether (sulfide) groups is 1. The normalized spacial score (nSPS) is 20.5. The molecule has 0 saturated carbocycles. The van der Waals surface area contributed by atoms with E-state index < -0.39 is 0 Å². The first-order valence-corrected chi connectivity index (χ1v) is 6.43. The first kappa shape index (κ1) is 10.8. The van der Waals surface area contributed by atoms with Crippen LogP contribution in [0.15, 0.2) is 18.2 Å². The van der Waals surface area contributed by atoms with Gasteiger partial charge in [0, 0.05) is 17.4 Å². The monoisotopic (exact) mass is 223 g/mol. The number of methoxy groups -OCH3 is 1. The van der Waals surface area contributed by atoms with Crippen LogP contribution in [0.3, 0.4) is 0 Å². The van der Waals surface area contributed by atoms with Crippen molar-refractivity contribution in [2.24, 2.45) is 0 Å². The maximum Gasteiger partial charge on any atom is 0.123 e. The minimum atomic E-state index is 0.477. The zero-order chi connectivity index (χ0) is 10.7. The van der Waals surface area contributed by atoms with Crippen LogP contribution in [0, 0.1) is 0 Å². The fourth-order valence-electron chi connectivity index (χ4n) is 2.09. The van der Waals surface area contributed by atoms with E-state index in [2.05, 4.69) is 23.5 Å². The van der Waals surface area contributed by atoms with Crippen molar-refractivity contribution in [3.05, 3.63) is 29.3 Å². The van der Waals surface area contributed by atoms with Gasteiger partial charge in [0.1, 0.15) is 5.75 Å². The van der Waals surface area contributed by atoms with Crippen LogP contribution in [0.2, 0.25) is 0 Å². The van der Waals surface area contributed by atoms with Crippen LogP contribution < -0.4 is 10.1 Å². The Morgan fingerprint density at radius 2 is 2.33 bits per heavy atom. The molecule has 2 rings (SSSR count). The topological polar surface area (TPSA) is 21.3 Å². The summed E-state index contributed by atoms with van der Waals surface area (Å²) in [6, 6.07) is 6.82. The van der Waals surface area contributed by atoms with Crippen molar-refractivity contribution in [1.29, 1.82) is 0 Å². The Balaban J connectivity index is 2.44. The van der Waals surface area contributed by atoms with E-state index in [-0.39, 0.29) is 0 Å². The van der Waals surface area contributed by atoms with Crippen LogP contribution >= 0.6 is 11.8 Å². The summed E-state index contributed by atoms with van der Waals surface area (Å²) < 4.78 is 5.42. The van der Waals surface area contributed by atoms with Crippen LogP contribution in [0.5, 0.6) is 5.75 Å². The van der Waals surface area contributed by atoms with Gasteiger partial charge in [-0.15, -0.1) is 0 Å². The van der Waals surface area contributed by atoms with Gasteiger partial charge < -0.3 is 10.1 Å². The van der Waals surface area contributed by atoms with Crippen LogP contribution in [-0.2, 0) is 5.75 Å². The van der Waals surface area contributed by atoms with Gasteiger partial charge in [0.2, 0.25) is 0 Å². The molecule has 1 N–H and O–H groups in total. The molecule has 1 aliphatic rings. The molecule has 0 aromatic heterocycles. The quantitative estimate of drug-likeness (QED) is 0.832. The Hall–Kier alpha value is -0.670. The zero-order valence-corrected chi connectivity index (χ0v) is 10.1. The average Bonchev–Trinajstić information content (AvgIpc) is 2.50. The maximum atomic E-state index is 5.42. The van der Waals surface area contributed by atoms with E-state index in [4.69, 9.17) is 4.74 Å². The highest BCUT2D eigenvalue weighted by molar-refractivity contribution is 7.98. The second-order valence-corrected chi connectivity index (χ2v) is 4.82. The van der Waals surface area contributed by atoms with Gasteiger partial charge in [0.15, 0.2) is 0 Å².